The molecule has 2 heterocycles. The zero-order valence-corrected chi connectivity index (χ0v) is 15.1. The highest BCUT2D eigenvalue weighted by Crippen LogP contribution is 2.31. The van der Waals surface area contributed by atoms with Crippen molar-refractivity contribution in [1.82, 2.24) is 9.88 Å². The molecule has 0 radical (unpaired) electrons. The van der Waals surface area contributed by atoms with Gasteiger partial charge in [-0.3, -0.25) is 19.3 Å². The number of rotatable bonds is 5. The molecule has 0 saturated carbocycles. The van der Waals surface area contributed by atoms with Crippen LogP contribution in [0.25, 0.3) is 11.3 Å². The average Bonchev–Trinajstić information content (AvgIpc) is 3.09. The number of nitrogens with zero attached hydrogens (tertiary/aromatic N) is 2. The lowest BCUT2D eigenvalue weighted by atomic mass is 10.1. The quantitative estimate of drug-likeness (QED) is 0.811. The van der Waals surface area contributed by atoms with Gasteiger partial charge in [0.2, 0.25) is 17.7 Å². The number of nitrogens with one attached hydrogen (secondary N) is 1. The summed E-state index contributed by atoms with van der Waals surface area (Å²) in [7, 11) is 0. The number of halogens is 1. The molecule has 1 aromatic heterocycles. The molecule has 0 spiro atoms. The minimum atomic E-state index is -0.274. The van der Waals surface area contributed by atoms with Crippen LogP contribution in [0.4, 0.5) is 5.13 Å². The summed E-state index contributed by atoms with van der Waals surface area (Å²) in [6, 6.07) is 7.33. The van der Waals surface area contributed by atoms with Crippen molar-refractivity contribution in [3.63, 3.8) is 0 Å². The maximum absolute atomic E-state index is 12.1. The summed E-state index contributed by atoms with van der Waals surface area (Å²) in [6.45, 7) is 2.04. The van der Waals surface area contributed by atoms with Crippen molar-refractivity contribution >= 4 is 45.8 Å². The van der Waals surface area contributed by atoms with Crippen molar-refractivity contribution in [2.75, 3.05) is 11.9 Å². The van der Waals surface area contributed by atoms with E-state index in [2.05, 4.69) is 10.3 Å². The van der Waals surface area contributed by atoms with Crippen molar-refractivity contribution in [2.24, 2.45) is 0 Å². The number of aryl methyl sites for hydroxylation is 1. The molecule has 0 aliphatic carbocycles. The average molecular weight is 378 g/mol. The van der Waals surface area contributed by atoms with Crippen LogP contribution in [0.1, 0.15) is 24.1 Å². The first-order chi connectivity index (χ1) is 11.9. The van der Waals surface area contributed by atoms with E-state index in [4.69, 9.17) is 11.6 Å². The molecular weight excluding hydrogens is 362 g/mol. The molecule has 0 unspecified atom stereocenters. The van der Waals surface area contributed by atoms with Crippen LogP contribution >= 0.6 is 22.9 Å². The van der Waals surface area contributed by atoms with Crippen LogP contribution in [0.3, 0.4) is 0 Å². The van der Waals surface area contributed by atoms with Crippen LogP contribution < -0.4 is 5.32 Å². The molecule has 1 N–H and O–H groups in total. The predicted octanol–water partition coefficient (Wildman–Crippen LogP) is 3.25. The topological polar surface area (TPSA) is 79.4 Å². The number of amides is 3. The van der Waals surface area contributed by atoms with Crippen LogP contribution in [0, 0.1) is 6.92 Å². The van der Waals surface area contributed by atoms with Gasteiger partial charge < -0.3 is 5.32 Å². The Morgan fingerprint density at radius 3 is 2.52 bits per heavy atom. The van der Waals surface area contributed by atoms with Gasteiger partial charge in [0, 0.05) is 41.3 Å². The van der Waals surface area contributed by atoms with E-state index in [1.165, 1.54) is 11.3 Å². The molecular formula is C17H16ClN3O3S. The van der Waals surface area contributed by atoms with Crippen molar-refractivity contribution in [2.45, 2.75) is 26.2 Å². The fourth-order valence-electron chi connectivity index (χ4n) is 2.59. The number of carbonyl (C=O) groups is 3. The van der Waals surface area contributed by atoms with Gasteiger partial charge in [0.05, 0.1) is 5.69 Å². The molecule has 1 fully saturated rings. The van der Waals surface area contributed by atoms with E-state index >= 15 is 0 Å². The Labute approximate surface area is 153 Å². The maximum atomic E-state index is 12.1. The van der Waals surface area contributed by atoms with Crippen LogP contribution in [-0.4, -0.2) is 34.2 Å². The number of hydrogen-bond acceptors (Lipinski definition) is 5. The van der Waals surface area contributed by atoms with E-state index in [1.807, 2.05) is 19.1 Å². The number of hydrogen-bond donors (Lipinski definition) is 1. The lowest BCUT2D eigenvalue weighted by Gasteiger charge is -2.12. The third kappa shape index (κ3) is 4.05. The Bertz CT molecular complexity index is 816. The number of thiazole rings is 1. The van der Waals surface area contributed by atoms with Gasteiger partial charge in [0.15, 0.2) is 5.13 Å². The van der Waals surface area contributed by atoms with Gasteiger partial charge in [0.1, 0.15) is 0 Å². The number of benzene rings is 1. The number of carbonyl (C=O) groups excluding carboxylic acids is 3. The normalized spacial score (nSPS) is 14.2. The predicted molar refractivity (Wildman–Crippen MR) is 96.5 cm³/mol. The van der Waals surface area contributed by atoms with Gasteiger partial charge >= 0.3 is 0 Å². The molecule has 6 nitrogen and oxygen atoms in total. The number of anilines is 1. The maximum Gasteiger partial charge on any atom is 0.229 e. The summed E-state index contributed by atoms with van der Waals surface area (Å²) in [5, 5.41) is 3.87. The Morgan fingerprint density at radius 1 is 1.24 bits per heavy atom. The van der Waals surface area contributed by atoms with Crippen molar-refractivity contribution in [1.29, 1.82) is 0 Å². The molecule has 1 aliphatic rings. The van der Waals surface area contributed by atoms with Crippen molar-refractivity contribution in [3.05, 3.63) is 34.2 Å². The summed E-state index contributed by atoms with van der Waals surface area (Å²) < 4.78 is 0. The summed E-state index contributed by atoms with van der Waals surface area (Å²) in [4.78, 5) is 41.7. The number of likely N-dealkylation sites (tertiary alicyclic amines) is 1. The monoisotopic (exact) mass is 377 g/mol. The summed E-state index contributed by atoms with van der Waals surface area (Å²) in [5.41, 5.74) is 1.72. The highest BCUT2D eigenvalue weighted by atomic mass is 35.5. The first-order valence-electron chi connectivity index (χ1n) is 7.80. The summed E-state index contributed by atoms with van der Waals surface area (Å²) in [5.74, 6) is -0.704. The van der Waals surface area contributed by atoms with Crippen LogP contribution in [-0.2, 0) is 14.4 Å². The fourth-order valence-corrected chi connectivity index (χ4v) is 3.57. The molecule has 1 aromatic carbocycles. The van der Waals surface area contributed by atoms with E-state index in [0.717, 1.165) is 21.0 Å². The third-order valence-corrected chi connectivity index (χ3v) is 5.02. The molecule has 2 aromatic rings. The molecule has 1 saturated heterocycles. The highest BCUT2D eigenvalue weighted by Gasteiger charge is 2.28. The zero-order valence-electron chi connectivity index (χ0n) is 13.5. The first-order valence-corrected chi connectivity index (χ1v) is 9.00. The van der Waals surface area contributed by atoms with Gasteiger partial charge in [-0.05, 0) is 19.1 Å². The minimum Gasteiger partial charge on any atom is -0.302 e. The molecule has 130 valence electrons. The van der Waals surface area contributed by atoms with Gasteiger partial charge in [-0.2, -0.15) is 0 Å². The lowest BCUT2D eigenvalue weighted by Crippen LogP contribution is -2.32. The molecule has 0 atom stereocenters. The van der Waals surface area contributed by atoms with Gasteiger partial charge in [-0.1, -0.05) is 23.7 Å². The fraction of sp³-hybridized carbons (Fsp3) is 0.294. The summed E-state index contributed by atoms with van der Waals surface area (Å²) in [6.07, 6.45) is 0.527. The second-order valence-electron chi connectivity index (χ2n) is 5.67. The van der Waals surface area contributed by atoms with E-state index < -0.39 is 0 Å². The molecule has 3 rings (SSSR count). The molecule has 25 heavy (non-hydrogen) atoms. The minimum absolute atomic E-state index is 0.0619. The van der Waals surface area contributed by atoms with Gasteiger partial charge in [-0.25, -0.2) is 4.98 Å². The zero-order chi connectivity index (χ0) is 18.0. The van der Waals surface area contributed by atoms with Crippen LogP contribution in [0.2, 0.25) is 5.02 Å². The number of imide groups is 1. The number of aromatic nitrogens is 1. The molecule has 3 amide bonds. The van der Waals surface area contributed by atoms with Crippen molar-refractivity contribution < 1.29 is 14.4 Å². The second-order valence-corrected chi connectivity index (χ2v) is 7.31. The van der Waals surface area contributed by atoms with Crippen molar-refractivity contribution in [3.8, 4) is 11.3 Å². The lowest BCUT2D eigenvalue weighted by molar-refractivity contribution is -0.138. The molecule has 1 aliphatic heterocycles. The highest BCUT2D eigenvalue weighted by molar-refractivity contribution is 7.16. The van der Waals surface area contributed by atoms with E-state index in [-0.39, 0.29) is 43.5 Å². The SMILES string of the molecule is Cc1sc(NC(=O)CCN2C(=O)CCC2=O)nc1-c1ccc(Cl)cc1. The Balaban J connectivity index is 1.62. The van der Waals surface area contributed by atoms with Gasteiger partial charge in [0.25, 0.3) is 0 Å². The first kappa shape index (κ1) is 17.6. The van der Waals surface area contributed by atoms with Crippen LogP contribution in [0.15, 0.2) is 24.3 Å². The second kappa shape index (κ2) is 7.33. The molecule has 8 heteroatoms. The smallest absolute Gasteiger partial charge is 0.229 e. The van der Waals surface area contributed by atoms with Crippen LogP contribution in [0.5, 0.6) is 0 Å². The standard InChI is InChI=1S/C17H16ClN3O3S/c1-10-16(11-2-4-12(18)5-3-11)20-17(25-10)19-13(22)8-9-21-14(23)6-7-15(21)24/h2-5H,6-9H2,1H3,(H,19,20,22). The Morgan fingerprint density at radius 2 is 1.88 bits per heavy atom. The Hall–Kier alpha value is -2.25. The molecule has 0 bridgehead atoms. The third-order valence-electron chi connectivity index (χ3n) is 3.88. The Kier molecular flexibility index (Phi) is 5.15. The van der Waals surface area contributed by atoms with Gasteiger partial charge in [-0.15, -0.1) is 11.3 Å². The van der Waals surface area contributed by atoms with E-state index in [1.54, 1.807) is 12.1 Å². The van der Waals surface area contributed by atoms with E-state index in [9.17, 15) is 14.4 Å². The summed E-state index contributed by atoms with van der Waals surface area (Å²) >= 11 is 7.27. The largest absolute Gasteiger partial charge is 0.302 e. The van der Waals surface area contributed by atoms with E-state index in [0.29, 0.717) is 10.2 Å².